The molecule has 0 bridgehead atoms. The smallest absolute Gasteiger partial charge is 0.122 e. The fraction of sp³-hybridized carbons (Fsp3) is 0.600. The summed E-state index contributed by atoms with van der Waals surface area (Å²) in [4.78, 5) is 0. The molecule has 2 aliphatic rings. The van der Waals surface area contributed by atoms with Crippen LogP contribution >= 0.6 is 23.5 Å². The first-order valence-electron chi connectivity index (χ1n) is 7.05. The number of ether oxygens (including phenoxy) is 1. The van der Waals surface area contributed by atoms with Crippen LogP contribution in [-0.2, 0) is 0 Å². The molecule has 0 radical (unpaired) electrons. The van der Waals surface area contributed by atoms with E-state index in [1.807, 2.05) is 0 Å². The number of rotatable bonds is 4. The number of fused-ring (bicyclic) bond motifs is 1. The van der Waals surface area contributed by atoms with Crippen molar-refractivity contribution in [2.75, 3.05) is 37.0 Å². The van der Waals surface area contributed by atoms with Crippen molar-refractivity contribution in [1.82, 2.24) is 5.32 Å². The SMILES string of the molecule is c1ccc2c(c1)OCCC2CNCC1CSCCS1. The lowest BCUT2D eigenvalue weighted by Gasteiger charge is -2.27. The maximum absolute atomic E-state index is 5.71. The van der Waals surface area contributed by atoms with Gasteiger partial charge in [-0.2, -0.15) is 23.5 Å². The predicted octanol–water partition coefficient (Wildman–Crippen LogP) is 2.99. The molecular weight excluding hydrogens is 274 g/mol. The normalized spacial score (nSPS) is 26.5. The highest BCUT2D eigenvalue weighted by atomic mass is 32.2. The molecule has 2 aliphatic heterocycles. The Morgan fingerprint density at radius 1 is 1.21 bits per heavy atom. The molecular formula is C15H21NOS2. The molecule has 1 fully saturated rings. The second kappa shape index (κ2) is 6.91. The van der Waals surface area contributed by atoms with Gasteiger partial charge in [0, 0.05) is 41.5 Å². The average molecular weight is 295 g/mol. The molecule has 0 spiro atoms. The van der Waals surface area contributed by atoms with E-state index in [0.717, 1.165) is 37.1 Å². The molecule has 1 saturated heterocycles. The largest absolute Gasteiger partial charge is 0.493 e. The maximum atomic E-state index is 5.71. The van der Waals surface area contributed by atoms with Crippen molar-refractivity contribution < 1.29 is 4.74 Å². The molecule has 0 aromatic heterocycles. The fourth-order valence-electron chi connectivity index (χ4n) is 2.70. The van der Waals surface area contributed by atoms with E-state index in [1.165, 1.54) is 22.8 Å². The third-order valence-electron chi connectivity index (χ3n) is 3.73. The molecule has 19 heavy (non-hydrogen) atoms. The van der Waals surface area contributed by atoms with Gasteiger partial charge in [-0.3, -0.25) is 0 Å². The van der Waals surface area contributed by atoms with Crippen LogP contribution in [0.2, 0.25) is 0 Å². The molecule has 1 N–H and O–H groups in total. The number of para-hydroxylation sites is 1. The molecule has 3 rings (SSSR count). The van der Waals surface area contributed by atoms with Gasteiger partial charge < -0.3 is 10.1 Å². The van der Waals surface area contributed by atoms with Crippen molar-refractivity contribution in [3.05, 3.63) is 29.8 Å². The van der Waals surface area contributed by atoms with E-state index in [0.29, 0.717) is 5.92 Å². The number of benzene rings is 1. The average Bonchev–Trinajstić information content (AvgIpc) is 2.49. The first kappa shape index (κ1) is 13.7. The fourth-order valence-corrected chi connectivity index (χ4v) is 5.35. The van der Waals surface area contributed by atoms with E-state index in [9.17, 15) is 0 Å². The lowest BCUT2D eigenvalue weighted by Crippen LogP contribution is -2.33. The summed E-state index contributed by atoms with van der Waals surface area (Å²) in [6.45, 7) is 3.09. The van der Waals surface area contributed by atoms with Crippen LogP contribution in [-0.4, -0.2) is 42.2 Å². The zero-order chi connectivity index (χ0) is 12.9. The van der Waals surface area contributed by atoms with Gasteiger partial charge in [-0.15, -0.1) is 0 Å². The third kappa shape index (κ3) is 3.61. The summed E-state index contributed by atoms with van der Waals surface area (Å²) in [7, 11) is 0. The highest BCUT2D eigenvalue weighted by Crippen LogP contribution is 2.32. The van der Waals surface area contributed by atoms with Crippen molar-refractivity contribution in [2.45, 2.75) is 17.6 Å². The van der Waals surface area contributed by atoms with Gasteiger partial charge in [0.2, 0.25) is 0 Å². The van der Waals surface area contributed by atoms with Gasteiger partial charge in [-0.05, 0) is 18.1 Å². The van der Waals surface area contributed by atoms with E-state index >= 15 is 0 Å². The van der Waals surface area contributed by atoms with E-state index in [4.69, 9.17) is 4.74 Å². The molecule has 0 amide bonds. The van der Waals surface area contributed by atoms with E-state index in [1.54, 1.807) is 0 Å². The maximum Gasteiger partial charge on any atom is 0.122 e. The molecule has 0 saturated carbocycles. The Kier molecular flexibility index (Phi) is 4.97. The number of thioether (sulfide) groups is 2. The van der Waals surface area contributed by atoms with Crippen LogP contribution in [0, 0.1) is 0 Å². The van der Waals surface area contributed by atoms with Crippen LogP contribution in [0.15, 0.2) is 24.3 Å². The second-order valence-electron chi connectivity index (χ2n) is 5.10. The molecule has 0 aliphatic carbocycles. The van der Waals surface area contributed by atoms with Gasteiger partial charge in [-0.1, -0.05) is 18.2 Å². The van der Waals surface area contributed by atoms with Crippen LogP contribution in [0.25, 0.3) is 0 Å². The van der Waals surface area contributed by atoms with Gasteiger partial charge in [0.25, 0.3) is 0 Å². The summed E-state index contributed by atoms with van der Waals surface area (Å²) in [5.41, 5.74) is 1.38. The lowest BCUT2D eigenvalue weighted by molar-refractivity contribution is 0.265. The van der Waals surface area contributed by atoms with Gasteiger partial charge in [-0.25, -0.2) is 0 Å². The minimum atomic E-state index is 0.617. The summed E-state index contributed by atoms with van der Waals surface area (Å²) in [5.74, 6) is 5.66. The molecule has 1 aromatic carbocycles. The lowest BCUT2D eigenvalue weighted by atomic mass is 9.93. The summed E-state index contributed by atoms with van der Waals surface area (Å²) in [6, 6.07) is 8.49. The monoisotopic (exact) mass is 295 g/mol. The molecule has 2 atom stereocenters. The van der Waals surface area contributed by atoms with Crippen molar-refractivity contribution >= 4 is 23.5 Å². The van der Waals surface area contributed by atoms with Crippen LogP contribution < -0.4 is 10.1 Å². The topological polar surface area (TPSA) is 21.3 Å². The van der Waals surface area contributed by atoms with E-state index in [2.05, 4.69) is 53.1 Å². The van der Waals surface area contributed by atoms with Gasteiger partial charge in [0.15, 0.2) is 0 Å². The minimum Gasteiger partial charge on any atom is -0.493 e. The third-order valence-corrected chi connectivity index (χ3v) is 6.58. The highest BCUT2D eigenvalue weighted by Gasteiger charge is 2.21. The number of hydrogen-bond acceptors (Lipinski definition) is 4. The summed E-state index contributed by atoms with van der Waals surface area (Å²) < 4.78 is 5.71. The molecule has 4 heteroatoms. The Bertz CT molecular complexity index is 407. The van der Waals surface area contributed by atoms with Crippen LogP contribution in [0.1, 0.15) is 17.9 Å². The van der Waals surface area contributed by atoms with Crippen molar-refractivity contribution in [2.24, 2.45) is 0 Å². The second-order valence-corrected chi connectivity index (χ2v) is 7.66. The minimum absolute atomic E-state index is 0.617. The van der Waals surface area contributed by atoms with E-state index < -0.39 is 0 Å². The molecule has 2 unspecified atom stereocenters. The van der Waals surface area contributed by atoms with Crippen LogP contribution in [0.5, 0.6) is 5.75 Å². The Morgan fingerprint density at radius 2 is 2.16 bits per heavy atom. The van der Waals surface area contributed by atoms with Gasteiger partial charge in [0.05, 0.1) is 6.61 Å². The van der Waals surface area contributed by atoms with Gasteiger partial charge >= 0.3 is 0 Å². The first-order valence-corrected chi connectivity index (χ1v) is 9.25. The van der Waals surface area contributed by atoms with Crippen LogP contribution in [0.4, 0.5) is 0 Å². The van der Waals surface area contributed by atoms with Crippen molar-refractivity contribution in [3.8, 4) is 5.75 Å². The standard InChI is InChI=1S/C15H21NOS2/c1-2-4-15-14(3-1)12(5-6-17-15)9-16-10-13-11-18-7-8-19-13/h1-4,12-13,16H,5-11H2. The zero-order valence-corrected chi connectivity index (χ0v) is 12.8. The zero-order valence-electron chi connectivity index (χ0n) is 11.1. The summed E-state index contributed by atoms with van der Waals surface area (Å²) in [5, 5.41) is 4.48. The highest BCUT2D eigenvalue weighted by molar-refractivity contribution is 8.06. The summed E-state index contributed by atoms with van der Waals surface area (Å²) >= 11 is 4.22. The first-order chi connectivity index (χ1) is 9.43. The number of hydrogen-bond donors (Lipinski definition) is 1. The Labute approximate surface area is 124 Å². The molecule has 2 heterocycles. The Balaban J connectivity index is 1.50. The van der Waals surface area contributed by atoms with Crippen LogP contribution in [0.3, 0.4) is 0 Å². The Morgan fingerprint density at radius 3 is 3.05 bits per heavy atom. The van der Waals surface area contributed by atoms with Crippen molar-refractivity contribution in [3.63, 3.8) is 0 Å². The van der Waals surface area contributed by atoms with E-state index in [-0.39, 0.29) is 0 Å². The Hall–Kier alpha value is -0.320. The molecule has 1 aromatic rings. The van der Waals surface area contributed by atoms with Gasteiger partial charge in [0.1, 0.15) is 5.75 Å². The summed E-state index contributed by atoms with van der Waals surface area (Å²) in [6.07, 6.45) is 1.14. The van der Waals surface area contributed by atoms with Crippen molar-refractivity contribution in [1.29, 1.82) is 0 Å². The molecule has 2 nitrogen and oxygen atoms in total. The molecule has 104 valence electrons. The quantitative estimate of drug-likeness (QED) is 0.921. The number of nitrogens with one attached hydrogen (secondary N) is 1. The predicted molar refractivity (Wildman–Crippen MR) is 85.7 cm³/mol.